The molecule has 0 spiro atoms. The van der Waals surface area contributed by atoms with E-state index in [1.807, 2.05) is 6.07 Å². The molecule has 1 saturated heterocycles. The van der Waals surface area contributed by atoms with Crippen molar-refractivity contribution in [1.82, 2.24) is 5.32 Å². The molecule has 0 saturated carbocycles. The van der Waals surface area contributed by atoms with E-state index < -0.39 is 11.6 Å². The van der Waals surface area contributed by atoms with E-state index in [2.05, 4.69) is 5.32 Å². The first-order valence-corrected chi connectivity index (χ1v) is 4.43. The van der Waals surface area contributed by atoms with Crippen molar-refractivity contribution in [2.24, 2.45) is 0 Å². The second-order valence-corrected chi connectivity index (χ2v) is 3.51. The highest BCUT2D eigenvalue weighted by molar-refractivity contribution is 5.85. The van der Waals surface area contributed by atoms with Crippen molar-refractivity contribution in [1.29, 1.82) is 5.26 Å². The number of amides is 1. The van der Waals surface area contributed by atoms with E-state index >= 15 is 0 Å². The molecular weight excluding hydrogens is 168 g/mol. The van der Waals surface area contributed by atoms with Crippen molar-refractivity contribution in [3.05, 3.63) is 0 Å². The van der Waals surface area contributed by atoms with E-state index in [9.17, 15) is 4.79 Å². The molecule has 1 fully saturated rings. The van der Waals surface area contributed by atoms with Gasteiger partial charge >= 0.3 is 0 Å². The van der Waals surface area contributed by atoms with Gasteiger partial charge in [0.1, 0.15) is 11.6 Å². The molecule has 1 rings (SSSR count). The molecule has 0 bridgehead atoms. The summed E-state index contributed by atoms with van der Waals surface area (Å²) in [5, 5.41) is 11.1. The zero-order chi connectivity index (χ0) is 9.90. The van der Waals surface area contributed by atoms with E-state index in [1.54, 1.807) is 13.8 Å². The fraction of sp³-hybridized carbons (Fsp3) is 0.778. The van der Waals surface area contributed by atoms with Gasteiger partial charge in [-0.15, -0.1) is 0 Å². The number of ether oxygens (including phenoxy) is 1. The van der Waals surface area contributed by atoms with Crippen LogP contribution in [0.4, 0.5) is 0 Å². The monoisotopic (exact) mass is 182 g/mol. The van der Waals surface area contributed by atoms with Gasteiger partial charge in [-0.1, -0.05) is 0 Å². The van der Waals surface area contributed by atoms with E-state index in [4.69, 9.17) is 10.00 Å². The third-order valence-electron chi connectivity index (χ3n) is 2.24. The van der Waals surface area contributed by atoms with Crippen LogP contribution in [0.25, 0.3) is 0 Å². The number of hydrogen-bond donors (Lipinski definition) is 1. The van der Waals surface area contributed by atoms with Gasteiger partial charge in [0, 0.05) is 6.61 Å². The average Bonchev–Trinajstić information content (AvgIpc) is 2.53. The highest BCUT2D eigenvalue weighted by atomic mass is 16.5. The third-order valence-corrected chi connectivity index (χ3v) is 2.24. The Kier molecular flexibility index (Phi) is 2.89. The van der Waals surface area contributed by atoms with Crippen LogP contribution in [0.2, 0.25) is 0 Å². The number of hydrogen-bond acceptors (Lipinski definition) is 3. The Morgan fingerprint density at radius 2 is 2.46 bits per heavy atom. The number of nitrogens with one attached hydrogen (secondary N) is 1. The summed E-state index contributed by atoms with van der Waals surface area (Å²) in [6.07, 6.45) is 1.64. The maximum atomic E-state index is 11.5. The van der Waals surface area contributed by atoms with Crippen LogP contribution in [-0.2, 0) is 9.53 Å². The molecule has 1 heterocycles. The summed E-state index contributed by atoms with van der Waals surface area (Å²) in [5.41, 5.74) is -0.717. The van der Waals surface area contributed by atoms with Crippen LogP contribution in [-0.4, -0.2) is 24.2 Å². The summed E-state index contributed by atoms with van der Waals surface area (Å²) in [4.78, 5) is 11.5. The van der Waals surface area contributed by atoms with Crippen LogP contribution in [0.5, 0.6) is 0 Å². The molecule has 1 aliphatic rings. The predicted molar refractivity (Wildman–Crippen MR) is 46.8 cm³/mol. The second-order valence-electron chi connectivity index (χ2n) is 3.51. The van der Waals surface area contributed by atoms with Gasteiger partial charge in [-0.2, -0.15) is 5.26 Å². The maximum absolute atomic E-state index is 11.5. The topological polar surface area (TPSA) is 62.1 Å². The van der Waals surface area contributed by atoms with E-state index in [1.165, 1.54) is 0 Å². The molecule has 72 valence electrons. The highest BCUT2D eigenvalue weighted by Gasteiger charge is 2.37. The van der Waals surface area contributed by atoms with Crippen molar-refractivity contribution in [3.63, 3.8) is 0 Å². The lowest BCUT2D eigenvalue weighted by molar-refractivity contribution is -0.139. The second kappa shape index (κ2) is 3.75. The third kappa shape index (κ3) is 2.19. The van der Waals surface area contributed by atoms with Crippen LogP contribution < -0.4 is 5.32 Å². The van der Waals surface area contributed by atoms with Crippen molar-refractivity contribution in [3.8, 4) is 6.07 Å². The molecule has 0 radical (unpaired) electrons. The zero-order valence-electron chi connectivity index (χ0n) is 7.96. The number of carbonyl (C=O) groups is 1. The van der Waals surface area contributed by atoms with Crippen molar-refractivity contribution < 1.29 is 9.53 Å². The van der Waals surface area contributed by atoms with Crippen LogP contribution >= 0.6 is 0 Å². The SMILES string of the molecule is CC(C#N)NC(=O)C1(C)CCCO1. The molecule has 13 heavy (non-hydrogen) atoms. The Morgan fingerprint density at radius 3 is 2.92 bits per heavy atom. The molecule has 1 aliphatic heterocycles. The summed E-state index contributed by atoms with van der Waals surface area (Å²) in [5.74, 6) is -0.181. The van der Waals surface area contributed by atoms with Gasteiger partial charge in [-0.25, -0.2) is 0 Å². The minimum absolute atomic E-state index is 0.181. The van der Waals surface area contributed by atoms with E-state index in [0.29, 0.717) is 6.61 Å². The number of carbonyl (C=O) groups excluding carboxylic acids is 1. The molecular formula is C9H14N2O2. The predicted octanol–water partition coefficient (Wildman–Crippen LogP) is 0.584. The Hall–Kier alpha value is -1.08. The number of nitriles is 1. The van der Waals surface area contributed by atoms with Crippen molar-refractivity contribution in [2.75, 3.05) is 6.61 Å². The van der Waals surface area contributed by atoms with Crippen LogP contribution in [0.3, 0.4) is 0 Å². The zero-order valence-corrected chi connectivity index (χ0v) is 7.96. The van der Waals surface area contributed by atoms with Crippen LogP contribution in [0.1, 0.15) is 26.7 Å². The summed E-state index contributed by atoms with van der Waals surface area (Å²) in [6.45, 7) is 4.04. The van der Waals surface area contributed by atoms with Gasteiger partial charge in [0.25, 0.3) is 5.91 Å². The largest absolute Gasteiger partial charge is 0.365 e. The first-order chi connectivity index (χ1) is 6.08. The molecule has 0 aromatic carbocycles. The van der Waals surface area contributed by atoms with Gasteiger partial charge in [-0.3, -0.25) is 4.79 Å². The first-order valence-electron chi connectivity index (χ1n) is 4.43. The first kappa shape index (κ1) is 10.0. The van der Waals surface area contributed by atoms with Crippen LogP contribution in [0.15, 0.2) is 0 Å². The minimum atomic E-state index is -0.717. The Balaban J connectivity index is 2.52. The van der Waals surface area contributed by atoms with Gasteiger partial charge < -0.3 is 10.1 Å². The minimum Gasteiger partial charge on any atom is -0.365 e. The Morgan fingerprint density at radius 1 is 1.77 bits per heavy atom. The summed E-state index contributed by atoms with van der Waals surface area (Å²) in [7, 11) is 0. The van der Waals surface area contributed by atoms with E-state index in [0.717, 1.165) is 12.8 Å². The molecule has 1 amide bonds. The van der Waals surface area contributed by atoms with Crippen molar-refractivity contribution >= 4 is 5.91 Å². The number of rotatable bonds is 2. The molecule has 2 unspecified atom stereocenters. The molecule has 4 nitrogen and oxygen atoms in total. The van der Waals surface area contributed by atoms with Gasteiger partial charge in [0.2, 0.25) is 0 Å². The Labute approximate surface area is 77.9 Å². The fourth-order valence-corrected chi connectivity index (χ4v) is 1.34. The average molecular weight is 182 g/mol. The summed E-state index contributed by atoms with van der Waals surface area (Å²) in [6, 6.07) is 1.50. The Bertz CT molecular complexity index is 238. The molecule has 0 aliphatic carbocycles. The van der Waals surface area contributed by atoms with Gasteiger partial charge in [-0.05, 0) is 26.7 Å². The normalized spacial score (nSPS) is 29.3. The lowest BCUT2D eigenvalue weighted by Gasteiger charge is -2.22. The summed E-state index contributed by atoms with van der Waals surface area (Å²) >= 11 is 0. The van der Waals surface area contributed by atoms with Crippen molar-refractivity contribution in [2.45, 2.75) is 38.3 Å². The smallest absolute Gasteiger partial charge is 0.252 e. The lowest BCUT2D eigenvalue weighted by Crippen LogP contribution is -2.46. The lowest BCUT2D eigenvalue weighted by atomic mass is 10.0. The molecule has 0 aromatic rings. The maximum Gasteiger partial charge on any atom is 0.252 e. The molecule has 0 aromatic heterocycles. The van der Waals surface area contributed by atoms with Gasteiger partial charge in [0.15, 0.2) is 0 Å². The molecule has 2 atom stereocenters. The fourth-order valence-electron chi connectivity index (χ4n) is 1.34. The summed E-state index contributed by atoms with van der Waals surface area (Å²) < 4.78 is 5.33. The van der Waals surface area contributed by atoms with Gasteiger partial charge in [0.05, 0.1) is 6.07 Å². The standard InChI is InChI=1S/C9H14N2O2/c1-7(6-10)11-8(12)9(2)4-3-5-13-9/h7H,3-5H2,1-2H3,(H,11,12). The number of nitrogens with zero attached hydrogens (tertiary/aromatic N) is 1. The highest BCUT2D eigenvalue weighted by Crippen LogP contribution is 2.24. The molecule has 4 heteroatoms. The van der Waals surface area contributed by atoms with E-state index in [-0.39, 0.29) is 5.91 Å². The molecule has 1 N–H and O–H groups in total. The van der Waals surface area contributed by atoms with Crippen LogP contribution in [0, 0.1) is 11.3 Å². The quantitative estimate of drug-likeness (QED) is 0.679.